The molecule has 2 aromatic carbocycles. The van der Waals surface area contributed by atoms with Crippen LogP contribution in [0.15, 0.2) is 41.5 Å². The summed E-state index contributed by atoms with van der Waals surface area (Å²) in [6.45, 7) is -0.282. The van der Waals surface area contributed by atoms with Crippen molar-refractivity contribution in [1.29, 1.82) is 0 Å². The Morgan fingerprint density at radius 1 is 1.03 bits per heavy atom. The number of nitrogens with one attached hydrogen (secondary N) is 3. The van der Waals surface area contributed by atoms with Crippen LogP contribution < -0.4 is 25.5 Å². The lowest BCUT2D eigenvalue weighted by Gasteiger charge is -2.12. The Morgan fingerprint density at radius 2 is 1.73 bits per heavy atom. The van der Waals surface area contributed by atoms with Gasteiger partial charge in [0.15, 0.2) is 18.1 Å². The van der Waals surface area contributed by atoms with E-state index in [0.29, 0.717) is 32.8 Å². The minimum absolute atomic E-state index is 0.282. The number of carbonyl (C=O) groups excluding carboxylic acids is 3. The van der Waals surface area contributed by atoms with Crippen LogP contribution in [-0.4, -0.2) is 44.7 Å². The molecule has 9 nitrogen and oxygen atoms in total. The molecule has 0 radical (unpaired) electrons. The van der Waals surface area contributed by atoms with E-state index < -0.39 is 17.7 Å². The Hall–Kier alpha value is -3.30. The molecule has 0 aromatic heterocycles. The molecular weight excluding hydrogens is 435 g/mol. The normalized spacial score (nSPS) is 10.4. The van der Waals surface area contributed by atoms with Gasteiger partial charge in [-0.25, -0.2) is 5.43 Å². The Morgan fingerprint density at radius 3 is 2.37 bits per heavy atom. The van der Waals surface area contributed by atoms with Crippen molar-refractivity contribution < 1.29 is 23.9 Å². The number of amides is 3. The van der Waals surface area contributed by atoms with Crippen LogP contribution in [0.25, 0.3) is 0 Å². The molecule has 3 N–H and O–H groups in total. The van der Waals surface area contributed by atoms with Crippen LogP contribution in [0, 0.1) is 0 Å². The van der Waals surface area contributed by atoms with Crippen molar-refractivity contribution in [2.75, 3.05) is 26.1 Å². The van der Waals surface area contributed by atoms with Crippen molar-refractivity contribution in [2.45, 2.75) is 0 Å². The number of benzene rings is 2. The van der Waals surface area contributed by atoms with E-state index in [1.54, 1.807) is 36.4 Å². The van der Waals surface area contributed by atoms with E-state index in [2.05, 4.69) is 21.2 Å². The van der Waals surface area contributed by atoms with Crippen LogP contribution in [0.4, 0.5) is 5.69 Å². The molecule has 0 aliphatic heterocycles. The lowest BCUT2D eigenvalue weighted by Crippen LogP contribution is -2.35. The Kier molecular flexibility index (Phi) is 8.45. The SMILES string of the molecule is CNC(=O)C(=O)N/N=C\c1ccc(OCC(=O)Nc2cc(Cl)cc(Cl)c2)c(OC)c1. The van der Waals surface area contributed by atoms with Gasteiger partial charge in [0.1, 0.15) is 0 Å². The summed E-state index contributed by atoms with van der Waals surface area (Å²) in [6, 6.07) is 9.45. The van der Waals surface area contributed by atoms with Gasteiger partial charge in [-0.05, 0) is 42.0 Å². The lowest BCUT2D eigenvalue weighted by molar-refractivity contribution is -0.138. The molecule has 0 bridgehead atoms. The van der Waals surface area contributed by atoms with E-state index in [1.807, 2.05) is 0 Å². The van der Waals surface area contributed by atoms with E-state index in [-0.39, 0.29) is 6.61 Å². The highest BCUT2D eigenvalue weighted by Gasteiger charge is 2.11. The molecular formula is C19H18Cl2N4O5. The number of ether oxygens (including phenoxy) is 2. The smallest absolute Gasteiger partial charge is 0.329 e. The zero-order chi connectivity index (χ0) is 22.1. The molecule has 0 saturated heterocycles. The third-order valence-electron chi connectivity index (χ3n) is 3.51. The third-order valence-corrected chi connectivity index (χ3v) is 3.94. The van der Waals surface area contributed by atoms with Gasteiger partial charge in [-0.1, -0.05) is 23.2 Å². The maximum Gasteiger partial charge on any atom is 0.329 e. The fourth-order valence-electron chi connectivity index (χ4n) is 2.18. The topological polar surface area (TPSA) is 118 Å². The highest BCUT2D eigenvalue weighted by Crippen LogP contribution is 2.28. The van der Waals surface area contributed by atoms with Gasteiger partial charge in [0.05, 0.1) is 13.3 Å². The zero-order valence-electron chi connectivity index (χ0n) is 16.0. The first kappa shape index (κ1) is 23.0. The monoisotopic (exact) mass is 452 g/mol. The maximum absolute atomic E-state index is 12.1. The summed E-state index contributed by atoms with van der Waals surface area (Å²) in [4.78, 5) is 34.5. The molecule has 0 aliphatic rings. The molecule has 158 valence electrons. The third kappa shape index (κ3) is 6.94. The fourth-order valence-corrected chi connectivity index (χ4v) is 2.71. The molecule has 0 heterocycles. The van der Waals surface area contributed by atoms with E-state index in [9.17, 15) is 14.4 Å². The average Bonchev–Trinajstić information content (AvgIpc) is 2.71. The number of likely N-dealkylation sites (N-methyl/N-ethyl adjacent to an activating group) is 1. The van der Waals surface area contributed by atoms with E-state index in [1.165, 1.54) is 20.4 Å². The predicted octanol–water partition coefficient (Wildman–Crippen LogP) is 2.22. The van der Waals surface area contributed by atoms with Crippen molar-refractivity contribution in [3.8, 4) is 11.5 Å². The molecule has 0 spiro atoms. The van der Waals surface area contributed by atoms with Gasteiger partial charge in [-0.2, -0.15) is 5.10 Å². The molecule has 0 aliphatic carbocycles. The van der Waals surface area contributed by atoms with Crippen molar-refractivity contribution in [2.24, 2.45) is 5.10 Å². The molecule has 0 fully saturated rings. The average molecular weight is 453 g/mol. The van der Waals surface area contributed by atoms with Gasteiger partial charge in [0.25, 0.3) is 5.91 Å². The highest BCUT2D eigenvalue weighted by molar-refractivity contribution is 6.35. The lowest BCUT2D eigenvalue weighted by atomic mass is 10.2. The molecule has 0 saturated carbocycles. The summed E-state index contributed by atoms with van der Waals surface area (Å²) in [5.41, 5.74) is 3.09. The summed E-state index contributed by atoms with van der Waals surface area (Å²) in [7, 11) is 2.77. The number of rotatable bonds is 7. The number of carbonyl (C=O) groups is 3. The second-order valence-corrected chi connectivity index (χ2v) is 6.56. The summed E-state index contributed by atoms with van der Waals surface area (Å²) >= 11 is 11.8. The number of hydrogen-bond acceptors (Lipinski definition) is 6. The standard InChI is InChI=1S/C19H18Cl2N4O5/c1-22-18(27)19(28)25-23-9-11-3-4-15(16(5-11)29-2)30-10-17(26)24-14-7-12(20)6-13(21)8-14/h3-9H,10H2,1-2H3,(H,22,27)(H,24,26)(H,25,28)/b23-9-. The first-order chi connectivity index (χ1) is 14.3. The first-order valence-corrected chi connectivity index (χ1v) is 9.20. The van der Waals surface area contributed by atoms with Crippen LogP contribution in [0.2, 0.25) is 10.0 Å². The summed E-state index contributed by atoms with van der Waals surface area (Å²) < 4.78 is 10.7. The van der Waals surface area contributed by atoms with Gasteiger partial charge in [0, 0.05) is 22.8 Å². The van der Waals surface area contributed by atoms with Gasteiger partial charge in [0.2, 0.25) is 0 Å². The first-order valence-electron chi connectivity index (χ1n) is 8.44. The van der Waals surface area contributed by atoms with Crippen molar-refractivity contribution in [3.05, 3.63) is 52.0 Å². The van der Waals surface area contributed by atoms with Crippen molar-refractivity contribution >= 4 is 52.8 Å². The largest absolute Gasteiger partial charge is 0.493 e. The molecule has 2 rings (SSSR count). The molecule has 0 unspecified atom stereocenters. The van der Waals surface area contributed by atoms with E-state index in [0.717, 1.165) is 0 Å². The molecule has 0 atom stereocenters. The van der Waals surface area contributed by atoms with Crippen LogP contribution in [-0.2, 0) is 14.4 Å². The number of hydrazone groups is 1. The summed E-state index contributed by atoms with van der Waals surface area (Å²) in [6.07, 6.45) is 1.32. The van der Waals surface area contributed by atoms with Gasteiger partial charge in [-0.15, -0.1) is 0 Å². The quantitative estimate of drug-likeness (QED) is 0.338. The number of nitrogens with zero attached hydrogens (tertiary/aromatic N) is 1. The van der Waals surface area contributed by atoms with Gasteiger partial charge in [-0.3, -0.25) is 14.4 Å². The predicted molar refractivity (Wildman–Crippen MR) is 113 cm³/mol. The van der Waals surface area contributed by atoms with Crippen LogP contribution in [0.5, 0.6) is 11.5 Å². The van der Waals surface area contributed by atoms with E-state index >= 15 is 0 Å². The Bertz CT molecular complexity index is 961. The van der Waals surface area contributed by atoms with Crippen LogP contribution in [0.1, 0.15) is 5.56 Å². The highest BCUT2D eigenvalue weighted by atomic mass is 35.5. The number of hydrogen-bond donors (Lipinski definition) is 3. The number of methoxy groups -OCH3 is 1. The minimum atomic E-state index is -0.896. The fraction of sp³-hybridized carbons (Fsp3) is 0.158. The van der Waals surface area contributed by atoms with Crippen molar-refractivity contribution in [3.63, 3.8) is 0 Å². The van der Waals surface area contributed by atoms with E-state index in [4.69, 9.17) is 32.7 Å². The zero-order valence-corrected chi connectivity index (χ0v) is 17.5. The molecule has 11 heteroatoms. The minimum Gasteiger partial charge on any atom is -0.493 e. The second-order valence-electron chi connectivity index (χ2n) is 5.68. The second kappa shape index (κ2) is 11.0. The summed E-state index contributed by atoms with van der Waals surface area (Å²) in [5, 5.41) is 9.27. The maximum atomic E-state index is 12.1. The van der Waals surface area contributed by atoms with Gasteiger partial charge < -0.3 is 20.1 Å². The Balaban J connectivity index is 1.96. The van der Waals surface area contributed by atoms with Crippen LogP contribution >= 0.6 is 23.2 Å². The number of anilines is 1. The molecule has 2 aromatic rings. The number of halogens is 2. The Labute approximate surface area is 182 Å². The molecule has 30 heavy (non-hydrogen) atoms. The summed E-state index contributed by atoms with van der Waals surface area (Å²) in [5.74, 6) is -1.46. The van der Waals surface area contributed by atoms with Crippen LogP contribution in [0.3, 0.4) is 0 Å². The van der Waals surface area contributed by atoms with Crippen molar-refractivity contribution in [1.82, 2.24) is 10.7 Å². The molecule has 3 amide bonds. The van der Waals surface area contributed by atoms with Gasteiger partial charge >= 0.3 is 11.8 Å².